The van der Waals surface area contributed by atoms with Gasteiger partial charge < -0.3 is 16.0 Å². The van der Waals surface area contributed by atoms with Crippen LogP contribution in [-0.4, -0.2) is 40.0 Å². The molecular formula is C27H31ClF3N5O. The van der Waals surface area contributed by atoms with Gasteiger partial charge in [0, 0.05) is 36.5 Å². The van der Waals surface area contributed by atoms with Crippen LogP contribution in [0.15, 0.2) is 48.8 Å². The van der Waals surface area contributed by atoms with Crippen molar-refractivity contribution in [1.82, 2.24) is 14.9 Å². The highest BCUT2D eigenvalue weighted by molar-refractivity contribution is 5.86. The van der Waals surface area contributed by atoms with Gasteiger partial charge in [0.25, 0.3) is 0 Å². The maximum Gasteiger partial charge on any atom is 0.413 e. The number of nitrogens with two attached hydrogens (primary N) is 1. The van der Waals surface area contributed by atoms with Crippen LogP contribution in [0.1, 0.15) is 61.6 Å². The van der Waals surface area contributed by atoms with Gasteiger partial charge >= 0.3 is 6.18 Å². The molecule has 37 heavy (non-hydrogen) atoms. The lowest BCUT2D eigenvalue weighted by molar-refractivity contribution is -0.191. The van der Waals surface area contributed by atoms with Crippen LogP contribution in [0.3, 0.4) is 0 Å². The molecule has 10 heteroatoms. The van der Waals surface area contributed by atoms with Crippen LogP contribution in [-0.2, 0) is 4.79 Å². The van der Waals surface area contributed by atoms with Gasteiger partial charge in [-0.25, -0.2) is 0 Å². The third-order valence-electron chi connectivity index (χ3n) is 7.32. The molecule has 2 aliphatic carbocycles. The average molecular weight is 534 g/mol. The minimum atomic E-state index is -4.60. The quantitative estimate of drug-likeness (QED) is 0.391. The molecule has 0 saturated heterocycles. The predicted octanol–water partition coefficient (Wildman–Crippen LogP) is 6.25. The summed E-state index contributed by atoms with van der Waals surface area (Å²) in [6, 6.07) is 7.88. The van der Waals surface area contributed by atoms with Crippen molar-refractivity contribution < 1.29 is 18.0 Å². The number of nitrogens with one attached hydrogen (secondary N) is 1. The summed E-state index contributed by atoms with van der Waals surface area (Å²) in [5, 5.41) is 3.32. The maximum absolute atomic E-state index is 14.1. The summed E-state index contributed by atoms with van der Waals surface area (Å²) >= 11 is 0. The van der Waals surface area contributed by atoms with E-state index in [2.05, 4.69) is 15.3 Å². The van der Waals surface area contributed by atoms with E-state index in [4.69, 9.17) is 5.73 Å². The number of amides is 1. The zero-order chi connectivity index (χ0) is 25.4. The van der Waals surface area contributed by atoms with Crippen LogP contribution in [0.5, 0.6) is 0 Å². The fourth-order valence-corrected chi connectivity index (χ4v) is 5.24. The minimum Gasteiger partial charge on any atom is -0.354 e. The Morgan fingerprint density at radius 2 is 1.73 bits per heavy atom. The van der Waals surface area contributed by atoms with E-state index in [0.29, 0.717) is 37.3 Å². The Hall–Kier alpha value is -2.91. The first-order chi connectivity index (χ1) is 17.2. The molecule has 0 unspecified atom stereocenters. The summed E-state index contributed by atoms with van der Waals surface area (Å²) in [5.41, 5.74) is 10.1. The Kier molecular flexibility index (Phi) is 7.94. The summed E-state index contributed by atoms with van der Waals surface area (Å²) < 4.78 is 42.4. The lowest BCUT2D eigenvalue weighted by Crippen LogP contribution is -2.44. The highest BCUT2D eigenvalue weighted by atomic mass is 35.5. The third kappa shape index (κ3) is 5.83. The van der Waals surface area contributed by atoms with Crippen molar-refractivity contribution in [3.63, 3.8) is 0 Å². The molecule has 5 rings (SSSR count). The van der Waals surface area contributed by atoms with Gasteiger partial charge in [0.15, 0.2) is 6.04 Å². The lowest BCUT2D eigenvalue weighted by atomic mass is 9.85. The van der Waals surface area contributed by atoms with Gasteiger partial charge in [-0.1, -0.05) is 12.1 Å². The number of rotatable bonds is 6. The van der Waals surface area contributed by atoms with Crippen LogP contribution >= 0.6 is 12.4 Å². The van der Waals surface area contributed by atoms with Gasteiger partial charge in [-0.2, -0.15) is 13.2 Å². The molecule has 2 aliphatic rings. The first-order valence-electron chi connectivity index (χ1n) is 12.4. The lowest BCUT2D eigenvalue weighted by Gasteiger charge is -2.35. The number of aromatic nitrogens is 2. The van der Waals surface area contributed by atoms with E-state index in [1.165, 1.54) is 19.2 Å². The second kappa shape index (κ2) is 10.8. The number of hydrogen-bond acceptors (Lipinski definition) is 5. The number of benzene rings is 1. The average Bonchev–Trinajstić information content (AvgIpc) is 3.69. The number of carbonyl (C=O) groups is 1. The number of carbonyl (C=O) groups excluding carboxylic acids is 1. The topological polar surface area (TPSA) is 84.1 Å². The zero-order valence-corrected chi connectivity index (χ0v) is 21.4. The molecule has 3 aromatic rings. The Morgan fingerprint density at radius 3 is 2.35 bits per heavy atom. The SMILES string of the molecule is CN(C(=O)C1CCC(N)CC1)[C@@H](c1ccc(Nc2cnc3cccnc3c2C2CC2)cc1)C(F)(F)F.Cl. The van der Waals surface area contributed by atoms with Gasteiger partial charge in [-0.05, 0) is 74.3 Å². The van der Waals surface area contributed by atoms with Gasteiger partial charge in [0.05, 0.1) is 22.9 Å². The van der Waals surface area contributed by atoms with Crippen molar-refractivity contribution >= 4 is 40.7 Å². The normalized spacial score (nSPS) is 20.7. The van der Waals surface area contributed by atoms with E-state index in [1.807, 2.05) is 12.1 Å². The highest BCUT2D eigenvalue weighted by Crippen LogP contribution is 2.46. The van der Waals surface area contributed by atoms with Crippen LogP contribution in [0, 0.1) is 5.92 Å². The number of hydrogen-bond donors (Lipinski definition) is 2. The number of fused-ring (bicyclic) bond motifs is 1. The van der Waals surface area contributed by atoms with Crippen molar-refractivity contribution in [1.29, 1.82) is 0 Å². The van der Waals surface area contributed by atoms with Crippen molar-refractivity contribution in [2.24, 2.45) is 11.7 Å². The molecule has 2 fully saturated rings. The monoisotopic (exact) mass is 533 g/mol. The summed E-state index contributed by atoms with van der Waals surface area (Å²) in [4.78, 5) is 22.8. The Morgan fingerprint density at radius 1 is 1.05 bits per heavy atom. The maximum atomic E-state index is 14.1. The van der Waals surface area contributed by atoms with Gasteiger partial charge in [-0.3, -0.25) is 14.8 Å². The number of halogens is 4. The molecule has 1 aromatic carbocycles. The number of nitrogens with zero attached hydrogens (tertiary/aromatic N) is 3. The molecule has 2 saturated carbocycles. The largest absolute Gasteiger partial charge is 0.413 e. The van der Waals surface area contributed by atoms with Gasteiger partial charge in [0.1, 0.15) is 0 Å². The molecule has 6 nitrogen and oxygen atoms in total. The molecule has 0 radical (unpaired) electrons. The van der Waals surface area contributed by atoms with Crippen molar-refractivity contribution in [2.45, 2.75) is 62.7 Å². The minimum absolute atomic E-state index is 0. The van der Waals surface area contributed by atoms with Gasteiger partial charge in [-0.15, -0.1) is 12.4 Å². The van der Waals surface area contributed by atoms with Crippen LogP contribution in [0.2, 0.25) is 0 Å². The molecule has 2 aromatic heterocycles. The molecule has 0 aliphatic heterocycles. The Bertz CT molecular complexity index is 1240. The van der Waals surface area contributed by atoms with E-state index >= 15 is 0 Å². The first-order valence-corrected chi connectivity index (χ1v) is 12.4. The van der Waals surface area contributed by atoms with E-state index in [1.54, 1.807) is 24.5 Å². The second-order valence-electron chi connectivity index (χ2n) is 9.98. The fraction of sp³-hybridized carbons (Fsp3) is 0.444. The number of alkyl halides is 3. The Labute approximate surface area is 220 Å². The zero-order valence-electron chi connectivity index (χ0n) is 20.5. The van der Waals surface area contributed by atoms with E-state index in [9.17, 15) is 18.0 Å². The summed E-state index contributed by atoms with van der Waals surface area (Å²) in [7, 11) is 1.25. The molecule has 3 N–H and O–H groups in total. The predicted molar refractivity (Wildman–Crippen MR) is 140 cm³/mol. The van der Waals surface area contributed by atoms with Crippen molar-refractivity contribution in [3.8, 4) is 0 Å². The van der Waals surface area contributed by atoms with Crippen LogP contribution in [0.25, 0.3) is 11.0 Å². The third-order valence-corrected chi connectivity index (χ3v) is 7.32. The molecule has 2 heterocycles. The van der Waals surface area contributed by atoms with Crippen LogP contribution in [0.4, 0.5) is 24.5 Å². The smallest absolute Gasteiger partial charge is 0.354 e. The van der Waals surface area contributed by atoms with Gasteiger partial charge in [0.2, 0.25) is 5.91 Å². The summed E-state index contributed by atoms with van der Waals surface area (Å²) in [6.07, 6.45) is 3.40. The molecule has 198 valence electrons. The van der Waals surface area contributed by atoms with Crippen LogP contribution < -0.4 is 11.1 Å². The summed E-state index contributed by atoms with van der Waals surface area (Å²) in [5.74, 6) is -0.499. The van der Waals surface area contributed by atoms with E-state index in [-0.39, 0.29) is 24.0 Å². The van der Waals surface area contributed by atoms with E-state index in [0.717, 1.165) is 40.0 Å². The summed E-state index contributed by atoms with van der Waals surface area (Å²) in [6.45, 7) is 0. The fourth-order valence-electron chi connectivity index (χ4n) is 5.24. The van der Waals surface area contributed by atoms with Crippen molar-refractivity contribution in [2.75, 3.05) is 12.4 Å². The number of pyridine rings is 2. The molecule has 0 bridgehead atoms. The second-order valence-corrected chi connectivity index (χ2v) is 9.98. The van der Waals surface area contributed by atoms with Crippen molar-refractivity contribution in [3.05, 3.63) is 59.9 Å². The molecular weight excluding hydrogens is 503 g/mol. The number of anilines is 2. The standard InChI is InChI=1S/C27H30F3N5O.ClH/c1-35(26(36)18-6-10-19(31)11-7-18)25(27(28,29)30)17-8-12-20(13-9-17)34-22-15-33-21-3-2-14-32-24(21)23(22)16-4-5-16;/h2-3,8-9,12-16,18-19,25,34H,4-7,10-11,31H2,1H3;1H/t18?,19?,25-;/m0./s1. The molecule has 0 spiro atoms. The molecule has 1 amide bonds. The Balaban J connectivity index is 0.00000320. The highest BCUT2D eigenvalue weighted by Gasteiger charge is 2.46. The van der Waals surface area contributed by atoms with E-state index < -0.39 is 24.0 Å². The first kappa shape index (κ1) is 27.1. The molecule has 1 atom stereocenters.